The molecular weight excluding hydrogens is 229 g/mol. The maximum absolute atomic E-state index is 13.7. The number of nitrogens with two attached hydrogens (primary N) is 1. The molecule has 1 aromatic rings. The molecule has 0 unspecified atom stereocenters. The van der Waals surface area contributed by atoms with Crippen LogP contribution in [0.4, 0.5) is 10.1 Å². The third kappa shape index (κ3) is 2.65. The largest absolute Gasteiger partial charge is 0.367 e. The lowest BCUT2D eigenvalue weighted by Gasteiger charge is -2.44. The van der Waals surface area contributed by atoms with Gasteiger partial charge in [0.2, 0.25) is 0 Å². The summed E-state index contributed by atoms with van der Waals surface area (Å²) in [7, 11) is 0. The predicted octanol–water partition coefficient (Wildman–Crippen LogP) is 1.68. The Hall–Kier alpha value is -1.13. The lowest BCUT2D eigenvalue weighted by atomic mass is 10.0. The first-order valence-electron chi connectivity index (χ1n) is 6.49. The number of piperazine rings is 1. The fourth-order valence-corrected chi connectivity index (χ4v) is 2.39. The molecule has 4 heteroatoms. The Morgan fingerprint density at radius 1 is 1.17 bits per heavy atom. The minimum atomic E-state index is -0.135. The van der Waals surface area contributed by atoms with E-state index in [4.69, 9.17) is 5.73 Å². The second-order valence-corrected chi connectivity index (χ2v) is 5.44. The van der Waals surface area contributed by atoms with Gasteiger partial charge in [-0.2, -0.15) is 0 Å². The molecule has 1 fully saturated rings. The molecule has 2 rings (SSSR count). The van der Waals surface area contributed by atoms with Crippen LogP contribution in [-0.4, -0.2) is 43.2 Å². The quantitative estimate of drug-likeness (QED) is 0.887. The van der Waals surface area contributed by atoms with Crippen LogP contribution in [-0.2, 0) is 0 Å². The van der Waals surface area contributed by atoms with Gasteiger partial charge in [-0.05, 0) is 26.0 Å². The number of anilines is 1. The van der Waals surface area contributed by atoms with Gasteiger partial charge in [0.15, 0.2) is 0 Å². The summed E-state index contributed by atoms with van der Waals surface area (Å²) < 4.78 is 13.7. The molecule has 1 aliphatic rings. The van der Waals surface area contributed by atoms with Crippen molar-refractivity contribution in [3.8, 4) is 0 Å². The molecule has 1 saturated heterocycles. The zero-order chi connectivity index (χ0) is 13.2. The van der Waals surface area contributed by atoms with Gasteiger partial charge in [0.25, 0.3) is 0 Å². The normalized spacial score (nSPS) is 18.1. The first-order valence-corrected chi connectivity index (χ1v) is 6.49. The number of para-hydroxylation sites is 1. The summed E-state index contributed by atoms with van der Waals surface area (Å²) in [6.07, 6.45) is 0. The van der Waals surface area contributed by atoms with Crippen LogP contribution in [0.15, 0.2) is 24.3 Å². The van der Waals surface area contributed by atoms with Gasteiger partial charge in [0, 0.05) is 38.3 Å². The number of hydrogen-bond acceptors (Lipinski definition) is 3. The molecule has 0 atom stereocenters. The van der Waals surface area contributed by atoms with E-state index in [1.165, 1.54) is 6.07 Å². The molecule has 0 aromatic heterocycles. The van der Waals surface area contributed by atoms with E-state index in [0.717, 1.165) is 26.2 Å². The van der Waals surface area contributed by atoms with Crippen LogP contribution in [0.1, 0.15) is 13.8 Å². The Balaban J connectivity index is 2.01. The zero-order valence-corrected chi connectivity index (χ0v) is 11.2. The van der Waals surface area contributed by atoms with Crippen molar-refractivity contribution in [2.24, 2.45) is 5.73 Å². The van der Waals surface area contributed by atoms with Gasteiger partial charge < -0.3 is 10.6 Å². The molecule has 0 spiro atoms. The standard InChI is InChI=1S/C14H22FN3/c1-14(2,11-16)18-9-7-17(8-10-18)13-6-4-3-5-12(13)15/h3-6H,7-11,16H2,1-2H3. The monoisotopic (exact) mass is 251 g/mol. The van der Waals surface area contributed by atoms with Crippen LogP contribution in [0.5, 0.6) is 0 Å². The smallest absolute Gasteiger partial charge is 0.146 e. The average molecular weight is 251 g/mol. The number of halogens is 1. The first-order chi connectivity index (χ1) is 8.54. The Kier molecular flexibility index (Phi) is 3.88. The second kappa shape index (κ2) is 5.24. The minimum Gasteiger partial charge on any atom is -0.367 e. The third-order valence-corrected chi connectivity index (χ3v) is 3.83. The van der Waals surface area contributed by atoms with Crippen LogP contribution in [0.2, 0.25) is 0 Å². The number of nitrogens with zero attached hydrogens (tertiary/aromatic N) is 2. The van der Waals surface area contributed by atoms with Gasteiger partial charge in [0.1, 0.15) is 5.82 Å². The maximum atomic E-state index is 13.7. The van der Waals surface area contributed by atoms with Crippen molar-refractivity contribution in [1.29, 1.82) is 0 Å². The van der Waals surface area contributed by atoms with Crippen molar-refractivity contribution < 1.29 is 4.39 Å². The summed E-state index contributed by atoms with van der Waals surface area (Å²) in [5.41, 5.74) is 6.53. The number of benzene rings is 1. The van der Waals surface area contributed by atoms with Gasteiger partial charge in [0.05, 0.1) is 5.69 Å². The van der Waals surface area contributed by atoms with E-state index < -0.39 is 0 Å². The van der Waals surface area contributed by atoms with Crippen LogP contribution >= 0.6 is 0 Å². The van der Waals surface area contributed by atoms with Gasteiger partial charge in [-0.25, -0.2) is 4.39 Å². The molecular formula is C14H22FN3. The molecule has 18 heavy (non-hydrogen) atoms. The number of hydrogen-bond donors (Lipinski definition) is 1. The molecule has 0 aliphatic carbocycles. The van der Waals surface area contributed by atoms with Crippen LogP contribution in [0.3, 0.4) is 0 Å². The summed E-state index contributed by atoms with van der Waals surface area (Å²) in [5.74, 6) is -0.135. The SMILES string of the molecule is CC(C)(CN)N1CCN(c2ccccc2F)CC1. The predicted molar refractivity (Wildman–Crippen MR) is 73.3 cm³/mol. The van der Waals surface area contributed by atoms with Crippen LogP contribution in [0, 0.1) is 5.82 Å². The third-order valence-electron chi connectivity index (χ3n) is 3.83. The van der Waals surface area contributed by atoms with E-state index in [0.29, 0.717) is 12.2 Å². The highest BCUT2D eigenvalue weighted by Gasteiger charge is 2.29. The Labute approximate surface area is 108 Å². The first kappa shape index (κ1) is 13.3. The van der Waals surface area contributed by atoms with Crippen molar-refractivity contribution in [3.63, 3.8) is 0 Å². The molecule has 100 valence electrons. The van der Waals surface area contributed by atoms with Gasteiger partial charge in [-0.3, -0.25) is 4.90 Å². The van der Waals surface area contributed by atoms with E-state index in [1.54, 1.807) is 6.07 Å². The molecule has 1 aliphatic heterocycles. The van der Waals surface area contributed by atoms with Gasteiger partial charge in [-0.15, -0.1) is 0 Å². The van der Waals surface area contributed by atoms with E-state index in [2.05, 4.69) is 23.6 Å². The summed E-state index contributed by atoms with van der Waals surface area (Å²) in [4.78, 5) is 4.49. The Morgan fingerprint density at radius 2 is 1.78 bits per heavy atom. The molecule has 0 amide bonds. The minimum absolute atomic E-state index is 0.0291. The highest BCUT2D eigenvalue weighted by Crippen LogP contribution is 2.22. The van der Waals surface area contributed by atoms with Crippen molar-refractivity contribution in [2.75, 3.05) is 37.6 Å². The second-order valence-electron chi connectivity index (χ2n) is 5.44. The molecule has 1 aromatic carbocycles. The molecule has 1 heterocycles. The van der Waals surface area contributed by atoms with Crippen molar-refractivity contribution in [2.45, 2.75) is 19.4 Å². The summed E-state index contributed by atoms with van der Waals surface area (Å²) in [6.45, 7) is 8.52. The highest BCUT2D eigenvalue weighted by atomic mass is 19.1. The van der Waals surface area contributed by atoms with Crippen LogP contribution < -0.4 is 10.6 Å². The maximum Gasteiger partial charge on any atom is 0.146 e. The Bertz CT molecular complexity index is 398. The van der Waals surface area contributed by atoms with Gasteiger partial charge in [-0.1, -0.05) is 12.1 Å². The van der Waals surface area contributed by atoms with E-state index >= 15 is 0 Å². The lowest BCUT2D eigenvalue weighted by Crippen LogP contribution is -2.57. The number of rotatable bonds is 3. The van der Waals surface area contributed by atoms with Crippen molar-refractivity contribution in [1.82, 2.24) is 4.90 Å². The lowest BCUT2D eigenvalue weighted by molar-refractivity contribution is 0.119. The molecule has 3 nitrogen and oxygen atoms in total. The average Bonchev–Trinajstić information content (AvgIpc) is 2.39. The van der Waals surface area contributed by atoms with Gasteiger partial charge >= 0.3 is 0 Å². The molecule has 0 bridgehead atoms. The van der Waals surface area contributed by atoms with E-state index in [1.807, 2.05) is 12.1 Å². The van der Waals surface area contributed by atoms with Crippen LogP contribution in [0.25, 0.3) is 0 Å². The topological polar surface area (TPSA) is 32.5 Å². The Morgan fingerprint density at radius 3 is 2.33 bits per heavy atom. The fraction of sp³-hybridized carbons (Fsp3) is 0.571. The van der Waals surface area contributed by atoms with E-state index in [9.17, 15) is 4.39 Å². The molecule has 0 radical (unpaired) electrons. The molecule has 0 saturated carbocycles. The fourth-order valence-electron chi connectivity index (χ4n) is 2.39. The summed E-state index contributed by atoms with van der Waals surface area (Å²) in [5, 5.41) is 0. The summed E-state index contributed by atoms with van der Waals surface area (Å²) in [6, 6.07) is 6.98. The zero-order valence-electron chi connectivity index (χ0n) is 11.2. The molecule has 2 N–H and O–H groups in total. The van der Waals surface area contributed by atoms with Crippen molar-refractivity contribution in [3.05, 3.63) is 30.1 Å². The van der Waals surface area contributed by atoms with E-state index in [-0.39, 0.29) is 11.4 Å². The van der Waals surface area contributed by atoms with Crippen molar-refractivity contribution >= 4 is 5.69 Å². The summed E-state index contributed by atoms with van der Waals surface area (Å²) >= 11 is 0. The highest BCUT2D eigenvalue weighted by molar-refractivity contribution is 5.48.